The van der Waals surface area contributed by atoms with E-state index in [1.54, 1.807) is 23.5 Å². The fourth-order valence-electron chi connectivity index (χ4n) is 2.95. The number of anilines is 2. The second kappa shape index (κ2) is 5.82. The molecule has 2 aromatic carbocycles. The molecular weight excluding hydrogens is 478 g/mol. The van der Waals surface area contributed by atoms with Crippen LogP contribution < -0.4 is 9.91 Å². The minimum atomic E-state index is 0. The van der Waals surface area contributed by atoms with Crippen LogP contribution in [0.4, 0.5) is 11.6 Å². The summed E-state index contributed by atoms with van der Waals surface area (Å²) in [6.07, 6.45) is 3.42. The number of hydrazone groups is 1. The zero-order chi connectivity index (χ0) is 15.2. The molecule has 0 amide bonds. The molecule has 0 saturated carbocycles. The first-order valence-corrected chi connectivity index (χ1v) is 7.31. The number of hydrogen-bond acceptors (Lipinski definition) is 5. The smallest absolute Gasteiger partial charge is 0.216 e. The number of nitrogens with zero attached hydrogens (tertiary/aromatic N) is 5. The number of amidine groups is 1. The van der Waals surface area contributed by atoms with Gasteiger partial charge in [0.2, 0.25) is 5.95 Å². The van der Waals surface area contributed by atoms with Gasteiger partial charge in [0.1, 0.15) is 5.84 Å². The SMILES string of the molecule is [Ir].[c-]1cccc2c1N1[CH-]N(c3ncccn3)N=C1c1ccccc1-2. The second-order valence-corrected chi connectivity index (χ2v) is 5.28. The Morgan fingerprint density at radius 3 is 2.46 bits per heavy atom. The average molecular weight is 490 g/mol. The number of hydrogen-bond donors (Lipinski definition) is 0. The Morgan fingerprint density at radius 1 is 0.875 bits per heavy atom. The molecule has 0 saturated heterocycles. The van der Waals surface area contributed by atoms with Crippen LogP contribution in [0.15, 0.2) is 66.0 Å². The summed E-state index contributed by atoms with van der Waals surface area (Å²) in [5, 5.41) is 6.39. The average Bonchev–Trinajstić information content (AvgIpc) is 3.09. The summed E-state index contributed by atoms with van der Waals surface area (Å²) in [4.78, 5) is 10.6. The van der Waals surface area contributed by atoms with Crippen LogP contribution in [0, 0.1) is 12.7 Å². The Labute approximate surface area is 153 Å². The van der Waals surface area contributed by atoms with Gasteiger partial charge < -0.3 is 9.91 Å². The molecule has 24 heavy (non-hydrogen) atoms. The number of para-hydroxylation sites is 1. The van der Waals surface area contributed by atoms with Gasteiger partial charge in [0.05, 0.1) is 0 Å². The van der Waals surface area contributed by atoms with E-state index in [0.29, 0.717) is 5.95 Å². The van der Waals surface area contributed by atoms with Crippen LogP contribution in [0.2, 0.25) is 0 Å². The van der Waals surface area contributed by atoms with Crippen molar-refractivity contribution in [3.63, 3.8) is 0 Å². The van der Waals surface area contributed by atoms with Gasteiger partial charge in [-0.05, 0) is 6.07 Å². The van der Waals surface area contributed by atoms with Crippen molar-refractivity contribution in [1.82, 2.24) is 9.97 Å². The summed E-state index contributed by atoms with van der Waals surface area (Å²) in [5.74, 6) is 1.41. The Hall–Kier alpha value is -2.56. The Balaban J connectivity index is 0.00000146. The van der Waals surface area contributed by atoms with Gasteiger partial charge >= 0.3 is 0 Å². The molecule has 1 radical (unpaired) electrons. The molecule has 5 nitrogen and oxygen atoms in total. The van der Waals surface area contributed by atoms with Crippen molar-refractivity contribution in [2.24, 2.45) is 5.10 Å². The van der Waals surface area contributed by atoms with Gasteiger partial charge in [0.25, 0.3) is 0 Å². The van der Waals surface area contributed by atoms with Crippen LogP contribution in [0.1, 0.15) is 5.56 Å². The Kier molecular flexibility index (Phi) is 3.63. The van der Waals surface area contributed by atoms with Crippen molar-refractivity contribution in [1.29, 1.82) is 0 Å². The maximum Gasteiger partial charge on any atom is 0.216 e. The summed E-state index contributed by atoms with van der Waals surface area (Å²) < 4.78 is 0. The molecule has 1 aromatic heterocycles. The number of aromatic nitrogens is 2. The molecule has 0 aliphatic carbocycles. The molecule has 3 aromatic rings. The molecule has 0 unspecified atom stereocenters. The topological polar surface area (TPSA) is 44.6 Å². The van der Waals surface area contributed by atoms with E-state index in [0.717, 1.165) is 22.6 Å². The largest absolute Gasteiger partial charge is 0.476 e. The Morgan fingerprint density at radius 2 is 1.62 bits per heavy atom. The zero-order valence-corrected chi connectivity index (χ0v) is 14.8. The maximum absolute atomic E-state index is 4.70. The van der Waals surface area contributed by atoms with Gasteiger partial charge in [0.15, 0.2) is 0 Å². The van der Waals surface area contributed by atoms with Gasteiger partial charge in [-0.3, -0.25) is 0 Å². The summed E-state index contributed by atoms with van der Waals surface area (Å²) in [6.45, 7) is 1.90. The van der Waals surface area contributed by atoms with Crippen LogP contribution >= 0.6 is 0 Å². The third-order valence-corrected chi connectivity index (χ3v) is 3.95. The van der Waals surface area contributed by atoms with Gasteiger partial charge in [-0.2, -0.15) is 29.4 Å². The summed E-state index contributed by atoms with van der Waals surface area (Å²) in [5.41, 5.74) is 4.39. The van der Waals surface area contributed by atoms with Crippen molar-refractivity contribution in [3.8, 4) is 11.1 Å². The fraction of sp³-hybridized carbons (Fsp3) is 0. The maximum atomic E-state index is 4.70. The van der Waals surface area contributed by atoms with Crippen LogP contribution in [0.3, 0.4) is 0 Å². The molecule has 0 fully saturated rings. The minimum Gasteiger partial charge on any atom is -0.476 e. The number of rotatable bonds is 1. The normalized spacial score (nSPS) is 14.2. The first kappa shape index (κ1) is 15.0. The van der Waals surface area contributed by atoms with Crippen molar-refractivity contribution in [2.75, 3.05) is 9.91 Å². The van der Waals surface area contributed by atoms with Crippen LogP contribution in [-0.4, -0.2) is 15.8 Å². The monoisotopic (exact) mass is 490 g/mol. The molecule has 3 heterocycles. The predicted molar refractivity (Wildman–Crippen MR) is 88.5 cm³/mol. The van der Waals surface area contributed by atoms with Gasteiger partial charge in [0, 0.05) is 38.1 Å². The third kappa shape index (κ3) is 2.15. The summed E-state index contributed by atoms with van der Waals surface area (Å²) >= 11 is 0. The standard InChI is InChI=1S/C18H11N5.Ir/c1-2-8-15-13(6-1)14-7-3-4-9-16(14)22-12-23(21-17(15)22)18-19-10-5-11-20-18;/h1-8,10-12H;/q-2;. The quantitative estimate of drug-likeness (QED) is 0.493. The molecule has 119 valence electrons. The van der Waals surface area contributed by atoms with E-state index in [2.05, 4.69) is 34.2 Å². The van der Waals surface area contributed by atoms with Crippen LogP contribution in [0.25, 0.3) is 11.1 Å². The number of fused-ring (bicyclic) bond motifs is 6. The van der Waals surface area contributed by atoms with E-state index in [1.165, 1.54) is 5.56 Å². The van der Waals surface area contributed by atoms with E-state index in [4.69, 9.17) is 5.10 Å². The van der Waals surface area contributed by atoms with Crippen molar-refractivity contribution >= 4 is 17.5 Å². The summed E-state index contributed by atoms with van der Waals surface area (Å²) in [7, 11) is 0. The van der Waals surface area contributed by atoms with E-state index < -0.39 is 0 Å². The molecule has 2 aliphatic heterocycles. The molecule has 2 aliphatic rings. The van der Waals surface area contributed by atoms with Crippen LogP contribution in [0.5, 0.6) is 0 Å². The van der Waals surface area contributed by atoms with Crippen molar-refractivity contribution in [3.05, 3.63) is 79.2 Å². The van der Waals surface area contributed by atoms with Crippen LogP contribution in [-0.2, 0) is 20.1 Å². The third-order valence-electron chi connectivity index (χ3n) is 3.95. The van der Waals surface area contributed by atoms with Crippen molar-refractivity contribution < 1.29 is 20.1 Å². The van der Waals surface area contributed by atoms with E-state index in [-0.39, 0.29) is 20.1 Å². The van der Waals surface area contributed by atoms with E-state index >= 15 is 0 Å². The molecule has 0 atom stereocenters. The predicted octanol–water partition coefficient (Wildman–Crippen LogP) is 3.06. The molecule has 6 heteroatoms. The van der Waals surface area contributed by atoms with E-state index in [1.807, 2.05) is 35.8 Å². The molecule has 0 N–H and O–H groups in total. The van der Waals surface area contributed by atoms with Gasteiger partial charge in [-0.1, -0.05) is 35.5 Å². The second-order valence-electron chi connectivity index (χ2n) is 5.28. The van der Waals surface area contributed by atoms with Crippen molar-refractivity contribution in [2.45, 2.75) is 0 Å². The first-order valence-electron chi connectivity index (χ1n) is 7.31. The minimum absolute atomic E-state index is 0. The summed E-state index contributed by atoms with van der Waals surface area (Å²) in [6, 6.07) is 19.4. The van der Waals surface area contributed by atoms with E-state index in [9.17, 15) is 0 Å². The molecule has 0 bridgehead atoms. The van der Waals surface area contributed by atoms with Gasteiger partial charge in [-0.25, -0.2) is 9.97 Å². The van der Waals surface area contributed by atoms with Gasteiger partial charge in [-0.15, -0.1) is 12.2 Å². The fourth-order valence-corrected chi connectivity index (χ4v) is 2.95. The molecule has 5 rings (SSSR count). The molecular formula is C18H11IrN5-2. The molecule has 0 spiro atoms. The number of benzene rings is 2. The zero-order valence-electron chi connectivity index (χ0n) is 12.4. The Bertz CT molecular complexity index is 925. The first-order chi connectivity index (χ1) is 11.4.